The number of aliphatic carboxylic acids is 1. The Balaban J connectivity index is 1.67. The van der Waals surface area contributed by atoms with Crippen LogP contribution in [0.15, 0.2) is 54.9 Å². The minimum Gasteiger partial charge on any atom is -0.496 e. The van der Waals surface area contributed by atoms with Gasteiger partial charge in [0.15, 0.2) is 0 Å². The van der Waals surface area contributed by atoms with Gasteiger partial charge in [-0.1, -0.05) is 30.3 Å². The lowest BCUT2D eigenvalue weighted by molar-refractivity contribution is -0.140. The molecule has 30 heavy (non-hydrogen) atoms. The topological polar surface area (TPSA) is 114 Å². The average molecular weight is 408 g/mol. The van der Waals surface area contributed by atoms with Gasteiger partial charge in [-0.05, 0) is 53.6 Å². The van der Waals surface area contributed by atoms with Gasteiger partial charge < -0.3 is 15.2 Å². The lowest BCUT2D eigenvalue weighted by Gasteiger charge is -2.35. The molecule has 3 atom stereocenters. The number of piperidine rings is 1. The zero-order valence-electron chi connectivity index (χ0n) is 16.6. The highest BCUT2D eigenvalue weighted by molar-refractivity contribution is 5.77. The number of aromatic nitrogens is 4. The molecule has 156 valence electrons. The molecular formula is C21H24N6O3. The number of ether oxygens (including phenoxy) is 1. The smallest absolute Gasteiger partial charge is 0.325 e. The molecule has 1 aromatic heterocycles. The monoisotopic (exact) mass is 408 g/mol. The van der Waals surface area contributed by atoms with E-state index in [0.29, 0.717) is 17.0 Å². The summed E-state index contributed by atoms with van der Waals surface area (Å²) in [4.78, 5) is 12.3. The Morgan fingerprint density at radius 3 is 2.83 bits per heavy atom. The minimum atomic E-state index is -0.973. The molecule has 0 radical (unpaired) electrons. The number of carboxylic acid groups (broad SMARTS) is 1. The van der Waals surface area contributed by atoms with Crippen LogP contribution in [0.3, 0.4) is 0 Å². The van der Waals surface area contributed by atoms with Crippen LogP contribution in [0.1, 0.15) is 36.1 Å². The normalized spacial score (nSPS) is 19.9. The highest BCUT2D eigenvalue weighted by atomic mass is 16.5. The fraction of sp³-hybridized carbons (Fsp3) is 0.333. The second-order valence-corrected chi connectivity index (χ2v) is 7.21. The van der Waals surface area contributed by atoms with Crippen molar-refractivity contribution in [2.24, 2.45) is 0 Å². The van der Waals surface area contributed by atoms with E-state index in [9.17, 15) is 9.90 Å². The quantitative estimate of drug-likeness (QED) is 0.543. The zero-order chi connectivity index (χ0) is 20.9. The summed E-state index contributed by atoms with van der Waals surface area (Å²) in [6, 6.07) is 14.4. The van der Waals surface area contributed by atoms with Crippen LogP contribution in [0.25, 0.3) is 5.69 Å². The largest absolute Gasteiger partial charge is 0.496 e. The highest BCUT2D eigenvalue weighted by Gasteiger charge is 2.32. The van der Waals surface area contributed by atoms with Gasteiger partial charge in [-0.3, -0.25) is 10.1 Å². The predicted octanol–water partition coefficient (Wildman–Crippen LogP) is 1.88. The minimum absolute atomic E-state index is 0.0236. The maximum absolute atomic E-state index is 12.3. The standard InChI is InChI=1S/C21H24N6O3/c1-30-18-10-9-15(27-13-23-25-26-27)12-16(18)20(21(28)29)24-17-8-5-11-22-19(17)14-6-3-2-4-7-14/h2-4,6-7,9-10,12-13,17,19-20,22,24H,5,8,11H2,1H3,(H,28,29). The summed E-state index contributed by atoms with van der Waals surface area (Å²) < 4.78 is 6.95. The number of hydrogen-bond donors (Lipinski definition) is 3. The number of carbonyl (C=O) groups is 1. The van der Waals surface area contributed by atoms with Crippen molar-refractivity contribution in [1.29, 1.82) is 0 Å². The maximum Gasteiger partial charge on any atom is 0.325 e. The van der Waals surface area contributed by atoms with Crippen molar-refractivity contribution >= 4 is 5.97 Å². The third-order valence-electron chi connectivity index (χ3n) is 5.38. The van der Waals surface area contributed by atoms with E-state index in [4.69, 9.17) is 4.74 Å². The van der Waals surface area contributed by atoms with E-state index in [1.165, 1.54) is 18.1 Å². The second-order valence-electron chi connectivity index (χ2n) is 7.21. The van der Waals surface area contributed by atoms with Gasteiger partial charge in [-0.15, -0.1) is 5.10 Å². The SMILES string of the molecule is COc1ccc(-n2cnnn2)cc1C(NC1CCCNC1c1ccccc1)C(=O)O. The van der Waals surface area contributed by atoms with Crippen LogP contribution in [-0.4, -0.2) is 51.0 Å². The van der Waals surface area contributed by atoms with Crippen molar-refractivity contribution < 1.29 is 14.6 Å². The molecule has 1 saturated heterocycles. The summed E-state index contributed by atoms with van der Waals surface area (Å²) in [6.07, 6.45) is 3.30. The van der Waals surface area contributed by atoms with Crippen LogP contribution < -0.4 is 15.4 Å². The van der Waals surface area contributed by atoms with Crippen LogP contribution in [0.5, 0.6) is 5.75 Å². The van der Waals surface area contributed by atoms with Crippen molar-refractivity contribution in [2.75, 3.05) is 13.7 Å². The van der Waals surface area contributed by atoms with Gasteiger partial charge in [0.05, 0.1) is 12.8 Å². The van der Waals surface area contributed by atoms with Gasteiger partial charge in [0.25, 0.3) is 0 Å². The van der Waals surface area contributed by atoms with Crippen LogP contribution in [-0.2, 0) is 4.79 Å². The van der Waals surface area contributed by atoms with Gasteiger partial charge in [-0.2, -0.15) is 0 Å². The summed E-state index contributed by atoms with van der Waals surface area (Å²) in [7, 11) is 1.53. The molecule has 2 heterocycles. The number of tetrazole rings is 1. The molecule has 0 bridgehead atoms. The van der Waals surface area contributed by atoms with E-state index >= 15 is 0 Å². The molecular weight excluding hydrogens is 384 g/mol. The number of carboxylic acids is 1. The number of nitrogens with one attached hydrogen (secondary N) is 2. The fourth-order valence-electron chi connectivity index (χ4n) is 3.96. The average Bonchev–Trinajstić information content (AvgIpc) is 3.33. The van der Waals surface area contributed by atoms with Gasteiger partial charge in [0.1, 0.15) is 18.1 Å². The van der Waals surface area contributed by atoms with Crippen molar-refractivity contribution in [3.8, 4) is 11.4 Å². The first-order chi connectivity index (χ1) is 14.7. The van der Waals surface area contributed by atoms with E-state index in [1.807, 2.05) is 18.2 Å². The van der Waals surface area contributed by atoms with E-state index < -0.39 is 12.0 Å². The molecule has 0 aliphatic carbocycles. The van der Waals surface area contributed by atoms with E-state index in [0.717, 1.165) is 24.9 Å². The third-order valence-corrected chi connectivity index (χ3v) is 5.38. The Morgan fingerprint density at radius 1 is 1.30 bits per heavy atom. The molecule has 0 amide bonds. The van der Waals surface area contributed by atoms with Crippen molar-refractivity contribution in [3.63, 3.8) is 0 Å². The molecule has 4 rings (SSSR count). The van der Waals surface area contributed by atoms with Crippen LogP contribution >= 0.6 is 0 Å². The molecule has 1 aliphatic rings. The molecule has 3 N–H and O–H groups in total. The van der Waals surface area contributed by atoms with Crippen LogP contribution in [0, 0.1) is 0 Å². The van der Waals surface area contributed by atoms with Gasteiger partial charge in [0, 0.05) is 17.6 Å². The first-order valence-corrected chi connectivity index (χ1v) is 9.86. The number of nitrogens with zero attached hydrogens (tertiary/aromatic N) is 4. The lowest BCUT2D eigenvalue weighted by atomic mass is 9.91. The Labute approximate surface area is 174 Å². The summed E-state index contributed by atoms with van der Waals surface area (Å²) in [6.45, 7) is 0.896. The summed E-state index contributed by atoms with van der Waals surface area (Å²) in [5.74, 6) is -0.480. The number of rotatable bonds is 7. The molecule has 3 unspecified atom stereocenters. The number of methoxy groups -OCH3 is 1. The van der Waals surface area contributed by atoms with Crippen molar-refractivity contribution in [1.82, 2.24) is 30.8 Å². The second kappa shape index (κ2) is 9.02. The van der Waals surface area contributed by atoms with Crippen LogP contribution in [0.2, 0.25) is 0 Å². The van der Waals surface area contributed by atoms with Gasteiger partial charge >= 0.3 is 5.97 Å². The number of hydrogen-bond acceptors (Lipinski definition) is 7. The molecule has 0 spiro atoms. The maximum atomic E-state index is 12.3. The van der Waals surface area contributed by atoms with Gasteiger partial charge in [0.2, 0.25) is 0 Å². The molecule has 0 saturated carbocycles. The summed E-state index contributed by atoms with van der Waals surface area (Å²) >= 11 is 0. The lowest BCUT2D eigenvalue weighted by Crippen LogP contribution is -2.48. The summed E-state index contributed by atoms with van der Waals surface area (Å²) in [5.41, 5.74) is 2.31. The predicted molar refractivity (Wildman–Crippen MR) is 109 cm³/mol. The first kappa shape index (κ1) is 20.0. The first-order valence-electron chi connectivity index (χ1n) is 9.86. The van der Waals surface area contributed by atoms with Crippen LogP contribution in [0.4, 0.5) is 0 Å². The van der Waals surface area contributed by atoms with Gasteiger partial charge in [-0.25, -0.2) is 4.68 Å². The molecule has 1 fully saturated rings. The number of benzene rings is 2. The van der Waals surface area contributed by atoms with E-state index in [1.54, 1.807) is 18.2 Å². The summed E-state index contributed by atoms with van der Waals surface area (Å²) in [5, 5.41) is 28.2. The highest BCUT2D eigenvalue weighted by Crippen LogP contribution is 2.31. The third kappa shape index (κ3) is 4.17. The van der Waals surface area contributed by atoms with E-state index in [-0.39, 0.29) is 12.1 Å². The van der Waals surface area contributed by atoms with Crippen molar-refractivity contribution in [2.45, 2.75) is 31.0 Å². The Kier molecular flexibility index (Phi) is 6.01. The van der Waals surface area contributed by atoms with Crippen molar-refractivity contribution in [3.05, 3.63) is 66.0 Å². The van der Waals surface area contributed by atoms with E-state index in [2.05, 4.69) is 38.3 Å². The fourth-order valence-corrected chi connectivity index (χ4v) is 3.96. The molecule has 3 aromatic rings. The zero-order valence-corrected chi connectivity index (χ0v) is 16.6. The Bertz CT molecular complexity index is 980. The molecule has 9 nitrogen and oxygen atoms in total. The molecule has 9 heteroatoms. The Morgan fingerprint density at radius 2 is 2.13 bits per heavy atom. The molecule has 1 aliphatic heterocycles. The molecule has 2 aromatic carbocycles. The Hall–Kier alpha value is -3.30.